The molecule has 1 aromatic heterocycles. The molecular weight excluding hydrogens is 410 g/mol. The van der Waals surface area contributed by atoms with E-state index in [2.05, 4.69) is 20.8 Å². The van der Waals surface area contributed by atoms with Crippen molar-refractivity contribution < 1.29 is 9.59 Å². The van der Waals surface area contributed by atoms with Gasteiger partial charge in [0.1, 0.15) is 0 Å². The summed E-state index contributed by atoms with van der Waals surface area (Å²) in [6, 6.07) is 12.3. The van der Waals surface area contributed by atoms with Gasteiger partial charge in [0.15, 0.2) is 11.0 Å². The zero-order valence-corrected chi connectivity index (χ0v) is 17.8. The van der Waals surface area contributed by atoms with E-state index < -0.39 is 11.9 Å². The van der Waals surface area contributed by atoms with Crippen LogP contribution in [0.2, 0.25) is 5.02 Å². The number of anilines is 1. The predicted octanol–water partition coefficient (Wildman–Crippen LogP) is 4.19. The summed E-state index contributed by atoms with van der Waals surface area (Å²) in [7, 11) is 1.82. The average Bonchev–Trinajstić information content (AvgIpc) is 3.05. The number of hydrogen-bond donors (Lipinski definition) is 2. The second-order valence-electron chi connectivity index (χ2n) is 6.41. The topological polar surface area (TPSA) is 88.9 Å². The van der Waals surface area contributed by atoms with Gasteiger partial charge in [-0.1, -0.05) is 35.5 Å². The van der Waals surface area contributed by atoms with Crippen LogP contribution in [-0.2, 0) is 11.8 Å². The number of benzene rings is 2. The molecule has 0 fully saturated rings. The maximum Gasteiger partial charge on any atom is 0.325 e. The monoisotopic (exact) mass is 429 g/mol. The number of aromatic nitrogens is 3. The van der Waals surface area contributed by atoms with Gasteiger partial charge in [0, 0.05) is 23.3 Å². The number of halogens is 1. The number of carbonyl (C=O) groups is 2. The maximum absolute atomic E-state index is 12.1. The molecule has 29 heavy (non-hydrogen) atoms. The van der Waals surface area contributed by atoms with E-state index in [9.17, 15) is 9.59 Å². The Kier molecular flexibility index (Phi) is 6.56. The van der Waals surface area contributed by atoms with Crippen LogP contribution in [0.15, 0.2) is 47.6 Å². The molecule has 1 heterocycles. The third-order valence-corrected chi connectivity index (χ3v) is 5.65. The van der Waals surface area contributed by atoms with E-state index >= 15 is 0 Å². The molecule has 2 N–H and O–H groups in total. The van der Waals surface area contributed by atoms with E-state index in [1.54, 1.807) is 22.8 Å². The van der Waals surface area contributed by atoms with Gasteiger partial charge in [-0.05, 0) is 55.3 Å². The molecule has 7 nitrogen and oxygen atoms in total. The number of thioether (sulfide) groups is 1. The largest absolute Gasteiger partial charge is 0.325 e. The van der Waals surface area contributed by atoms with Crippen LogP contribution in [-0.4, -0.2) is 32.5 Å². The Morgan fingerprint density at radius 1 is 1.10 bits per heavy atom. The Labute approximate surface area is 177 Å². The molecule has 2 aromatic carbocycles. The lowest BCUT2D eigenvalue weighted by Gasteiger charge is -2.10. The second kappa shape index (κ2) is 9.11. The first-order valence-electron chi connectivity index (χ1n) is 8.80. The highest BCUT2D eigenvalue weighted by Gasteiger charge is 2.15. The molecule has 0 radical (unpaired) electrons. The van der Waals surface area contributed by atoms with Gasteiger partial charge in [0.25, 0.3) is 0 Å². The molecule has 3 aromatic rings. The lowest BCUT2D eigenvalue weighted by molar-refractivity contribution is -0.117. The highest BCUT2D eigenvalue weighted by Crippen LogP contribution is 2.24. The maximum atomic E-state index is 12.1. The smallest absolute Gasteiger partial charge is 0.307 e. The van der Waals surface area contributed by atoms with Crippen LogP contribution in [0.5, 0.6) is 0 Å². The van der Waals surface area contributed by atoms with Crippen molar-refractivity contribution in [3.8, 4) is 11.4 Å². The summed E-state index contributed by atoms with van der Waals surface area (Å²) in [6.45, 7) is 3.87. The fourth-order valence-electron chi connectivity index (χ4n) is 2.62. The number of urea groups is 1. The summed E-state index contributed by atoms with van der Waals surface area (Å²) in [6.07, 6.45) is 0. The lowest BCUT2D eigenvalue weighted by Crippen LogP contribution is -2.35. The van der Waals surface area contributed by atoms with Crippen molar-refractivity contribution >= 4 is 41.0 Å². The Bertz CT molecular complexity index is 1050. The third kappa shape index (κ3) is 5.16. The fraction of sp³-hybridized carbons (Fsp3) is 0.200. The minimum absolute atomic E-state index is 0.0345. The number of rotatable bonds is 5. The number of hydrogen-bond acceptors (Lipinski definition) is 5. The quantitative estimate of drug-likeness (QED) is 0.593. The molecule has 3 amide bonds. The number of aryl methyl sites for hydroxylation is 1. The number of imide groups is 1. The van der Waals surface area contributed by atoms with E-state index in [0.29, 0.717) is 21.7 Å². The van der Waals surface area contributed by atoms with E-state index in [1.165, 1.54) is 11.8 Å². The van der Waals surface area contributed by atoms with Crippen molar-refractivity contribution in [1.82, 2.24) is 20.1 Å². The molecule has 0 atom stereocenters. The normalized spacial score (nSPS) is 10.6. The molecule has 0 saturated heterocycles. The molecule has 0 bridgehead atoms. The number of nitrogens with one attached hydrogen (secondary N) is 2. The first-order valence-corrected chi connectivity index (χ1v) is 10.2. The SMILES string of the molecule is Cc1cccc(NC(=O)NC(=O)CSc2nnc(-c3ccc(Cl)cc3)n2C)c1C. The summed E-state index contributed by atoms with van der Waals surface area (Å²) >= 11 is 7.11. The lowest BCUT2D eigenvalue weighted by atomic mass is 10.1. The van der Waals surface area contributed by atoms with Crippen LogP contribution in [0, 0.1) is 13.8 Å². The Morgan fingerprint density at radius 3 is 2.55 bits per heavy atom. The molecule has 0 unspecified atom stereocenters. The first-order chi connectivity index (χ1) is 13.8. The van der Waals surface area contributed by atoms with E-state index in [1.807, 2.05) is 45.2 Å². The van der Waals surface area contributed by atoms with Crippen molar-refractivity contribution in [1.29, 1.82) is 0 Å². The molecule has 0 spiro atoms. The van der Waals surface area contributed by atoms with Gasteiger partial charge < -0.3 is 9.88 Å². The van der Waals surface area contributed by atoms with Crippen molar-refractivity contribution in [3.05, 3.63) is 58.6 Å². The second-order valence-corrected chi connectivity index (χ2v) is 7.79. The molecular formula is C20H20ClN5O2S. The summed E-state index contributed by atoms with van der Waals surface area (Å²) in [5.74, 6) is 0.276. The summed E-state index contributed by atoms with van der Waals surface area (Å²) in [5, 5.41) is 14.5. The molecule has 0 saturated carbocycles. The Hall–Kier alpha value is -2.84. The van der Waals surface area contributed by atoms with Gasteiger partial charge in [-0.25, -0.2) is 4.79 Å². The molecule has 150 valence electrons. The van der Waals surface area contributed by atoms with E-state index in [4.69, 9.17) is 11.6 Å². The van der Waals surface area contributed by atoms with Gasteiger partial charge in [-0.3, -0.25) is 10.1 Å². The van der Waals surface area contributed by atoms with Crippen LogP contribution >= 0.6 is 23.4 Å². The number of carbonyl (C=O) groups excluding carboxylic acids is 2. The van der Waals surface area contributed by atoms with E-state index in [-0.39, 0.29) is 5.75 Å². The number of nitrogens with zero attached hydrogens (tertiary/aromatic N) is 3. The summed E-state index contributed by atoms with van der Waals surface area (Å²) in [4.78, 5) is 24.2. The van der Waals surface area contributed by atoms with Crippen LogP contribution in [0.25, 0.3) is 11.4 Å². The summed E-state index contributed by atoms with van der Waals surface area (Å²) < 4.78 is 1.79. The average molecular weight is 430 g/mol. The van der Waals surface area contributed by atoms with Crippen LogP contribution < -0.4 is 10.6 Å². The van der Waals surface area contributed by atoms with Crippen molar-refractivity contribution in [2.45, 2.75) is 19.0 Å². The fourth-order valence-corrected chi connectivity index (χ4v) is 3.46. The van der Waals surface area contributed by atoms with Crippen LogP contribution in [0.1, 0.15) is 11.1 Å². The van der Waals surface area contributed by atoms with Gasteiger partial charge in [0.05, 0.1) is 5.75 Å². The van der Waals surface area contributed by atoms with Crippen molar-refractivity contribution in [2.24, 2.45) is 7.05 Å². The Balaban J connectivity index is 1.56. The predicted molar refractivity (Wildman–Crippen MR) is 115 cm³/mol. The summed E-state index contributed by atoms with van der Waals surface area (Å²) in [5.41, 5.74) is 3.55. The Morgan fingerprint density at radius 2 is 1.83 bits per heavy atom. The number of amides is 3. The molecule has 0 aliphatic carbocycles. The van der Waals surface area contributed by atoms with Gasteiger partial charge in [-0.2, -0.15) is 0 Å². The molecule has 3 rings (SSSR count). The van der Waals surface area contributed by atoms with Crippen molar-refractivity contribution in [2.75, 3.05) is 11.1 Å². The molecule has 9 heteroatoms. The first kappa shape index (κ1) is 20.9. The van der Waals surface area contributed by atoms with Gasteiger partial charge >= 0.3 is 6.03 Å². The zero-order valence-electron chi connectivity index (χ0n) is 16.2. The highest BCUT2D eigenvalue weighted by atomic mass is 35.5. The standard InChI is InChI=1S/C20H20ClN5O2S/c1-12-5-4-6-16(13(12)2)22-19(28)23-17(27)11-29-20-25-24-18(26(20)3)14-7-9-15(21)10-8-14/h4-10H,11H2,1-3H3,(H2,22,23,27,28). The molecule has 0 aliphatic heterocycles. The van der Waals surface area contributed by atoms with Crippen LogP contribution in [0.4, 0.5) is 10.5 Å². The minimum atomic E-state index is -0.566. The van der Waals surface area contributed by atoms with Crippen molar-refractivity contribution in [3.63, 3.8) is 0 Å². The third-order valence-electron chi connectivity index (χ3n) is 4.38. The highest BCUT2D eigenvalue weighted by molar-refractivity contribution is 7.99. The van der Waals surface area contributed by atoms with E-state index in [0.717, 1.165) is 16.7 Å². The van der Waals surface area contributed by atoms with Gasteiger partial charge in [0.2, 0.25) is 5.91 Å². The minimum Gasteiger partial charge on any atom is -0.307 e. The zero-order chi connectivity index (χ0) is 21.0. The van der Waals surface area contributed by atoms with Crippen LogP contribution in [0.3, 0.4) is 0 Å². The van der Waals surface area contributed by atoms with Gasteiger partial charge in [-0.15, -0.1) is 10.2 Å². The molecule has 0 aliphatic rings.